The van der Waals surface area contributed by atoms with Gasteiger partial charge in [0.1, 0.15) is 17.2 Å². The van der Waals surface area contributed by atoms with Crippen molar-refractivity contribution in [2.75, 3.05) is 19.5 Å². The second-order valence-corrected chi connectivity index (χ2v) is 8.19. The van der Waals surface area contributed by atoms with E-state index in [1.807, 2.05) is 18.3 Å². The summed E-state index contributed by atoms with van der Waals surface area (Å²) in [7, 11) is 3.23. The molecule has 0 aromatic carbocycles. The molecule has 1 fully saturated rings. The van der Waals surface area contributed by atoms with E-state index in [4.69, 9.17) is 9.47 Å². The Morgan fingerprint density at radius 1 is 1.26 bits per heavy atom. The van der Waals surface area contributed by atoms with E-state index in [1.165, 1.54) is 7.11 Å². The molecule has 0 radical (unpaired) electrons. The number of aryl methyl sites for hydroxylation is 1. The number of nitrogens with one attached hydrogen (secondary N) is 1. The van der Waals surface area contributed by atoms with Crippen LogP contribution in [0.5, 0.6) is 5.88 Å². The number of aromatic nitrogens is 5. The molecule has 9 nitrogen and oxygen atoms in total. The Kier molecular flexibility index (Phi) is 4.97. The summed E-state index contributed by atoms with van der Waals surface area (Å²) in [6, 6.07) is 6.21. The minimum absolute atomic E-state index is 0.216. The molecule has 2 aliphatic rings. The summed E-state index contributed by atoms with van der Waals surface area (Å²) in [5, 5.41) is 7.32. The second-order valence-electron chi connectivity index (χ2n) is 8.19. The van der Waals surface area contributed by atoms with Crippen molar-refractivity contribution in [1.82, 2.24) is 24.3 Å². The van der Waals surface area contributed by atoms with Crippen LogP contribution in [0.25, 0.3) is 11.4 Å². The van der Waals surface area contributed by atoms with Crippen LogP contribution in [0.3, 0.4) is 0 Å². The molecular weight excluding hydrogens is 396 g/mol. The summed E-state index contributed by atoms with van der Waals surface area (Å²) in [5.41, 5.74) is 2.14. The largest absolute Gasteiger partial charge is 0.479 e. The van der Waals surface area contributed by atoms with E-state index >= 15 is 0 Å². The number of ether oxygens (including phenoxy) is 2. The van der Waals surface area contributed by atoms with E-state index in [0.29, 0.717) is 23.3 Å². The molecule has 3 aromatic rings. The van der Waals surface area contributed by atoms with Crippen molar-refractivity contribution >= 4 is 11.7 Å². The Hall–Kier alpha value is -3.20. The van der Waals surface area contributed by atoms with Crippen LogP contribution in [0.2, 0.25) is 0 Å². The van der Waals surface area contributed by atoms with Gasteiger partial charge in [0, 0.05) is 25.8 Å². The minimum Gasteiger partial charge on any atom is -0.479 e. The van der Waals surface area contributed by atoms with Gasteiger partial charge in [-0.3, -0.25) is 9.48 Å². The molecular formula is C22H26N6O3. The highest BCUT2D eigenvalue weighted by molar-refractivity contribution is 6.05. The molecule has 0 bridgehead atoms. The number of anilines is 1. The summed E-state index contributed by atoms with van der Waals surface area (Å²) >= 11 is 0. The van der Waals surface area contributed by atoms with Crippen LogP contribution >= 0.6 is 0 Å². The first-order valence-corrected chi connectivity index (χ1v) is 10.6. The number of carbonyl (C=O) groups is 1. The van der Waals surface area contributed by atoms with Gasteiger partial charge in [0.2, 0.25) is 5.88 Å². The molecule has 1 N–H and O–H groups in total. The van der Waals surface area contributed by atoms with Crippen molar-refractivity contribution in [1.29, 1.82) is 0 Å². The van der Waals surface area contributed by atoms with Gasteiger partial charge in [-0.2, -0.15) is 0 Å². The molecule has 3 aromatic heterocycles. The summed E-state index contributed by atoms with van der Waals surface area (Å²) in [6.07, 6.45) is 7.66. The van der Waals surface area contributed by atoms with Gasteiger partial charge in [-0.05, 0) is 38.3 Å². The quantitative estimate of drug-likeness (QED) is 0.655. The number of imidazole rings is 1. The Labute approximate surface area is 180 Å². The first-order chi connectivity index (χ1) is 15.1. The molecule has 1 amide bonds. The Morgan fingerprint density at radius 2 is 2.10 bits per heavy atom. The predicted octanol–water partition coefficient (Wildman–Crippen LogP) is 3.26. The second kappa shape index (κ2) is 7.81. The number of fused-ring (bicyclic) bond motifs is 1. The van der Waals surface area contributed by atoms with Crippen LogP contribution in [0, 0.1) is 0 Å². The van der Waals surface area contributed by atoms with Crippen molar-refractivity contribution in [3.05, 3.63) is 42.0 Å². The summed E-state index contributed by atoms with van der Waals surface area (Å²) in [5.74, 6) is 1.56. The average molecular weight is 422 g/mol. The van der Waals surface area contributed by atoms with Gasteiger partial charge in [-0.1, -0.05) is 6.07 Å². The minimum atomic E-state index is -0.303. The van der Waals surface area contributed by atoms with E-state index in [9.17, 15) is 4.79 Å². The highest BCUT2D eigenvalue weighted by Crippen LogP contribution is 2.35. The maximum Gasteiger partial charge on any atom is 0.263 e. The molecule has 31 heavy (non-hydrogen) atoms. The van der Waals surface area contributed by atoms with Crippen LogP contribution in [-0.4, -0.2) is 50.5 Å². The van der Waals surface area contributed by atoms with Crippen LogP contribution in [0.15, 0.2) is 30.6 Å². The van der Waals surface area contributed by atoms with Crippen molar-refractivity contribution in [2.45, 2.75) is 50.8 Å². The summed E-state index contributed by atoms with van der Waals surface area (Å²) < 4.78 is 14.7. The molecule has 1 saturated carbocycles. The van der Waals surface area contributed by atoms with Gasteiger partial charge < -0.3 is 19.4 Å². The number of carbonyl (C=O) groups excluding carboxylic acids is 1. The number of amides is 1. The van der Waals surface area contributed by atoms with Gasteiger partial charge in [-0.25, -0.2) is 9.97 Å². The predicted molar refractivity (Wildman–Crippen MR) is 114 cm³/mol. The highest BCUT2D eigenvalue weighted by Gasteiger charge is 2.32. The molecule has 0 saturated heterocycles. The zero-order valence-electron chi connectivity index (χ0n) is 17.9. The van der Waals surface area contributed by atoms with Crippen LogP contribution in [0.1, 0.15) is 54.5 Å². The fraction of sp³-hybridized carbons (Fsp3) is 0.455. The average Bonchev–Trinajstić information content (AvgIpc) is 3.44. The Bertz CT molecular complexity index is 1110. The van der Waals surface area contributed by atoms with Crippen molar-refractivity contribution < 1.29 is 14.3 Å². The molecule has 9 heteroatoms. The number of rotatable bonds is 6. The Morgan fingerprint density at radius 3 is 2.87 bits per heavy atom. The smallest absolute Gasteiger partial charge is 0.263 e. The molecule has 5 rings (SSSR count). The number of nitrogens with zero attached hydrogens (tertiary/aromatic N) is 5. The summed E-state index contributed by atoms with van der Waals surface area (Å²) in [6.45, 7) is 2.19. The maximum atomic E-state index is 13.0. The van der Waals surface area contributed by atoms with Gasteiger partial charge in [0.25, 0.3) is 5.91 Å². The molecule has 162 valence electrons. The van der Waals surface area contributed by atoms with Crippen molar-refractivity contribution in [3.8, 4) is 17.3 Å². The normalized spacial score (nSPS) is 22.1. The SMILES string of the molecule is COc1nn(C2CC(OC)C2)cc1C(=O)Nc1cccc(-c2cnc3n2[C@@H](C)CC3)n1. The fourth-order valence-electron chi connectivity index (χ4n) is 4.38. The Balaban J connectivity index is 1.36. The van der Waals surface area contributed by atoms with E-state index in [1.54, 1.807) is 24.1 Å². The van der Waals surface area contributed by atoms with Crippen LogP contribution in [-0.2, 0) is 11.2 Å². The highest BCUT2D eigenvalue weighted by atomic mass is 16.5. The van der Waals surface area contributed by atoms with Crippen molar-refractivity contribution in [3.63, 3.8) is 0 Å². The molecule has 1 aliphatic carbocycles. The first-order valence-electron chi connectivity index (χ1n) is 10.6. The van der Waals surface area contributed by atoms with Gasteiger partial charge in [-0.15, -0.1) is 5.10 Å². The zero-order valence-corrected chi connectivity index (χ0v) is 17.9. The number of hydrogen-bond donors (Lipinski definition) is 1. The first kappa shape index (κ1) is 19.7. The zero-order chi connectivity index (χ0) is 21.5. The molecule has 1 atom stereocenters. The fourth-order valence-corrected chi connectivity index (χ4v) is 4.38. The lowest BCUT2D eigenvalue weighted by atomic mass is 9.89. The van der Waals surface area contributed by atoms with E-state index in [-0.39, 0.29) is 18.1 Å². The topological polar surface area (TPSA) is 96.1 Å². The lowest BCUT2D eigenvalue weighted by Crippen LogP contribution is -2.32. The van der Waals surface area contributed by atoms with Crippen molar-refractivity contribution in [2.24, 2.45) is 0 Å². The molecule has 4 heterocycles. The third-order valence-corrected chi connectivity index (χ3v) is 6.27. The molecule has 1 aliphatic heterocycles. The lowest BCUT2D eigenvalue weighted by Gasteiger charge is -2.33. The third kappa shape index (κ3) is 3.48. The number of hydrogen-bond acceptors (Lipinski definition) is 6. The van der Waals surface area contributed by atoms with E-state index in [2.05, 4.69) is 31.9 Å². The third-order valence-electron chi connectivity index (χ3n) is 6.27. The number of methoxy groups -OCH3 is 2. The monoisotopic (exact) mass is 422 g/mol. The van der Waals surface area contributed by atoms with Crippen LogP contribution < -0.4 is 10.1 Å². The lowest BCUT2D eigenvalue weighted by molar-refractivity contribution is 0.00220. The van der Waals surface area contributed by atoms with Gasteiger partial charge >= 0.3 is 0 Å². The molecule has 0 unspecified atom stereocenters. The van der Waals surface area contributed by atoms with Gasteiger partial charge in [0.05, 0.1) is 36.8 Å². The van der Waals surface area contributed by atoms with E-state index < -0.39 is 0 Å². The summed E-state index contributed by atoms with van der Waals surface area (Å²) in [4.78, 5) is 22.2. The maximum absolute atomic E-state index is 13.0. The van der Waals surface area contributed by atoms with Gasteiger partial charge in [0.15, 0.2) is 0 Å². The standard InChI is InChI=1S/C22H26N6O3/c1-13-7-8-20-23-11-18(28(13)20)17-5-4-6-19(24-17)25-21(29)16-12-27(26-22(16)31-3)14-9-15(10-14)30-2/h4-6,11-15H,7-10H2,1-3H3,(H,24,25,29)/t13-,14?,15?/m0/s1. The van der Waals surface area contributed by atoms with Crippen LogP contribution in [0.4, 0.5) is 5.82 Å². The number of pyridine rings is 1. The van der Waals surface area contributed by atoms with E-state index in [0.717, 1.165) is 42.9 Å². The molecule has 0 spiro atoms.